The largest absolute Gasteiger partial charge is 0.497 e. The standard InChI is InChI=1S/C78H80N2O17/c1-53(94-75(83)30-21-59(81)51-90-52-93-63-28-19-58(20-29-63)78(56-15-24-61(86-4)25-16-56)36-34-69-65-10-6-8-12-67(65)71(48-73(69)97-78)80-39-43-88-44-40-80)49-89-50-54(2)95-76(84)32-31-74(82)92-46-45-91-62-26-17-57(18-27-62)77(55-13-22-60(85-3)23-14-55)35-33-68-64-9-5-7-11-66(64)70(47-72(68)96-77)79-37-41-87-42-38-79/h5-20,22-29,33-36,47-48,53-54H,21,30-32,37-46,49-52H2,1-4H3. The molecule has 0 N–H and O–H groups in total. The number of esters is 3. The number of nitrogens with zero attached hydrogens (tertiary/aromatic N) is 2. The summed E-state index contributed by atoms with van der Waals surface area (Å²) in [6, 6.07) is 52.1. The van der Waals surface area contributed by atoms with Crippen LogP contribution in [0.15, 0.2) is 170 Å². The number of hydrogen-bond acceptors (Lipinski definition) is 19. The van der Waals surface area contributed by atoms with Gasteiger partial charge in [-0.1, -0.05) is 97.1 Å². The average molecular weight is 1320 g/mol. The summed E-state index contributed by atoms with van der Waals surface area (Å²) >= 11 is 0. The number of ketones is 1. The third-order valence-corrected chi connectivity index (χ3v) is 17.6. The molecule has 0 saturated carbocycles. The number of carbonyl (C=O) groups excluding carboxylic acids is 4. The number of morpholine rings is 2. The van der Waals surface area contributed by atoms with Gasteiger partial charge < -0.3 is 71.4 Å². The molecule has 97 heavy (non-hydrogen) atoms. The van der Waals surface area contributed by atoms with Crippen molar-refractivity contribution in [3.05, 3.63) is 203 Å². The maximum absolute atomic E-state index is 12.7. The molecule has 8 aromatic rings. The summed E-state index contributed by atoms with van der Waals surface area (Å²) in [6.07, 6.45) is 6.56. The third kappa shape index (κ3) is 15.8. The Labute approximate surface area is 564 Å². The molecule has 2 saturated heterocycles. The van der Waals surface area contributed by atoms with E-state index in [1.165, 1.54) is 0 Å². The van der Waals surface area contributed by atoms with Crippen molar-refractivity contribution in [1.82, 2.24) is 0 Å². The van der Waals surface area contributed by atoms with Crippen LogP contribution in [-0.2, 0) is 63.5 Å². The van der Waals surface area contributed by atoms with Crippen molar-refractivity contribution in [2.75, 3.05) is 116 Å². The zero-order chi connectivity index (χ0) is 67.1. The second kappa shape index (κ2) is 31.3. The summed E-state index contributed by atoms with van der Waals surface area (Å²) in [4.78, 5) is 55.3. The van der Waals surface area contributed by atoms with E-state index in [4.69, 9.17) is 61.6 Å². The van der Waals surface area contributed by atoms with Gasteiger partial charge in [-0.05, 0) is 97.5 Å². The van der Waals surface area contributed by atoms with E-state index in [1.807, 2.05) is 103 Å². The molecule has 0 aromatic heterocycles. The highest BCUT2D eigenvalue weighted by Gasteiger charge is 2.40. The Morgan fingerprint density at radius 1 is 0.464 bits per heavy atom. The maximum atomic E-state index is 12.7. The van der Waals surface area contributed by atoms with Crippen molar-refractivity contribution in [3.8, 4) is 34.5 Å². The van der Waals surface area contributed by atoms with Crippen LogP contribution in [0.3, 0.4) is 0 Å². The van der Waals surface area contributed by atoms with Gasteiger partial charge in [0.1, 0.15) is 66.5 Å². The topological polar surface area (TPSA) is 195 Å². The zero-order valence-electron chi connectivity index (χ0n) is 55.0. The highest BCUT2D eigenvalue weighted by atomic mass is 16.7. The van der Waals surface area contributed by atoms with Crippen molar-refractivity contribution < 1.29 is 80.8 Å². The summed E-state index contributed by atoms with van der Waals surface area (Å²) < 4.78 is 76.0. The Morgan fingerprint density at radius 2 is 0.866 bits per heavy atom. The molecule has 504 valence electrons. The van der Waals surface area contributed by atoms with E-state index in [-0.39, 0.29) is 71.3 Å². The number of methoxy groups -OCH3 is 2. The highest BCUT2D eigenvalue weighted by Crippen LogP contribution is 2.49. The van der Waals surface area contributed by atoms with Crippen molar-refractivity contribution in [1.29, 1.82) is 0 Å². The Bertz CT molecular complexity index is 3840. The van der Waals surface area contributed by atoms with E-state index in [0.29, 0.717) is 37.9 Å². The molecule has 19 nitrogen and oxygen atoms in total. The molecular formula is C78H80N2O17. The summed E-state index contributed by atoms with van der Waals surface area (Å²) in [5.41, 5.74) is 5.80. The first kappa shape index (κ1) is 67.1. The SMILES string of the molecule is COc1ccc(C2(c3ccc(OCCOC(=O)CCC(=O)OC(C)COCC(C)OC(=O)CCC(=O)COCOc4ccc(C5(c6ccc(OC)cc6)C=Cc6c(cc(N7CCOCC7)c7ccccc67)O5)cc4)cc3)C=Cc3c(cc(N4CCOCC4)c4ccccc34)O2)cc1. The van der Waals surface area contributed by atoms with Crippen LogP contribution in [0.25, 0.3) is 33.7 Å². The van der Waals surface area contributed by atoms with Crippen molar-refractivity contribution in [2.45, 2.75) is 62.9 Å². The van der Waals surface area contributed by atoms with Crippen LogP contribution < -0.4 is 38.2 Å². The van der Waals surface area contributed by atoms with Gasteiger partial charge in [0.05, 0.1) is 73.1 Å². The molecule has 8 aromatic carbocycles. The zero-order valence-corrected chi connectivity index (χ0v) is 55.0. The number of Topliss-reactive ketones (excluding diaryl/α,β-unsaturated/α-hetero) is 1. The second-order valence-electron chi connectivity index (χ2n) is 24.1. The quantitative estimate of drug-likeness (QED) is 0.0186. The second-order valence-corrected chi connectivity index (χ2v) is 24.1. The van der Waals surface area contributed by atoms with Gasteiger partial charge in [0.25, 0.3) is 0 Å². The maximum Gasteiger partial charge on any atom is 0.306 e. The fraction of sp³-hybridized carbons (Fsp3) is 0.333. The summed E-state index contributed by atoms with van der Waals surface area (Å²) in [6.45, 7) is 8.71. The van der Waals surface area contributed by atoms with Gasteiger partial charge in [-0.3, -0.25) is 19.2 Å². The number of fused-ring (bicyclic) bond motifs is 6. The van der Waals surface area contributed by atoms with Gasteiger partial charge in [0, 0.05) is 100 Å². The fourth-order valence-electron chi connectivity index (χ4n) is 12.6. The van der Waals surface area contributed by atoms with Gasteiger partial charge >= 0.3 is 17.9 Å². The molecule has 4 unspecified atom stereocenters. The molecule has 2 fully saturated rings. The predicted octanol–water partition coefficient (Wildman–Crippen LogP) is 12.4. The molecule has 0 aliphatic carbocycles. The minimum atomic E-state index is -0.993. The van der Waals surface area contributed by atoms with Crippen LogP contribution in [0.4, 0.5) is 11.4 Å². The molecule has 4 aliphatic rings. The first-order chi connectivity index (χ1) is 47.4. The Hall–Kier alpha value is -9.92. The van der Waals surface area contributed by atoms with Crippen molar-refractivity contribution >= 4 is 68.8 Å². The fourth-order valence-corrected chi connectivity index (χ4v) is 12.6. The number of rotatable bonds is 29. The number of hydrogen-bond donors (Lipinski definition) is 0. The smallest absolute Gasteiger partial charge is 0.306 e. The van der Waals surface area contributed by atoms with E-state index >= 15 is 0 Å². The molecule has 0 amide bonds. The van der Waals surface area contributed by atoms with Gasteiger partial charge in [0.15, 0.2) is 23.8 Å². The van der Waals surface area contributed by atoms with Crippen molar-refractivity contribution in [2.24, 2.45) is 0 Å². The van der Waals surface area contributed by atoms with Crippen molar-refractivity contribution in [3.63, 3.8) is 0 Å². The summed E-state index contributed by atoms with van der Waals surface area (Å²) in [5.74, 6) is 2.03. The van der Waals surface area contributed by atoms with Crippen LogP contribution in [0.1, 0.15) is 72.9 Å². The molecular weight excluding hydrogens is 1240 g/mol. The van der Waals surface area contributed by atoms with E-state index in [0.717, 1.165) is 115 Å². The van der Waals surface area contributed by atoms with Crippen LogP contribution in [0.5, 0.6) is 34.5 Å². The minimum absolute atomic E-state index is 0.0199. The van der Waals surface area contributed by atoms with E-state index in [2.05, 4.69) is 88.7 Å². The molecule has 0 bridgehead atoms. The molecule has 19 heteroatoms. The lowest BCUT2D eigenvalue weighted by Gasteiger charge is -2.38. The average Bonchev–Trinajstić information content (AvgIpc) is 0.745. The summed E-state index contributed by atoms with van der Waals surface area (Å²) in [5, 5.41) is 4.52. The highest BCUT2D eigenvalue weighted by molar-refractivity contribution is 6.03. The first-order valence-corrected chi connectivity index (χ1v) is 32.9. The lowest BCUT2D eigenvalue weighted by atomic mass is 9.83. The normalized spacial score (nSPS) is 17.8. The number of carbonyl (C=O) groups is 4. The van der Waals surface area contributed by atoms with E-state index in [1.54, 1.807) is 28.1 Å². The van der Waals surface area contributed by atoms with Gasteiger partial charge in [-0.2, -0.15) is 0 Å². The van der Waals surface area contributed by atoms with Gasteiger partial charge in [0.2, 0.25) is 0 Å². The Balaban J connectivity index is 0.533. The first-order valence-electron chi connectivity index (χ1n) is 32.9. The van der Waals surface area contributed by atoms with Crippen LogP contribution >= 0.6 is 0 Å². The van der Waals surface area contributed by atoms with Gasteiger partial charge in [-0.15, -0.1) is 0 Å². The van der Waals surface area contributed by atoms with Gasteiger partial charge in [-0.25, -0.2) is 0 Å². The minimum Gasteiger partial charge on any atom is -0.497 e. The van der Waals surface area contributed by atoms with E-state index < -0.39 is 41.3 Å². The molecule has 0 radical (unpaired) electrons. The predicted molar refractivity (Wildman–Crippen MR) is 367 cm³/mol. The number of benzene rings is 8. The van der Waals surface area contributed by atoms with E-state index in [9.17, 15) is 19.2 Å². The Morgan fingerprint density at radius 3 is 1.31 bits per heavy atom. The summed E-state index contributed by atoms with van der Waals surface area (Å²) in [7, 11) is 3.28. The van der Waals surface area contributed by atoms with Crippen LogP contribution in [0, 0.1) is 0 Å². The Kier molecular flexibility index (Phi) is 21.6. The lowest BCUT2D eigenvalue weighted by Crippen LogP contribution is -2.37. The molecule has 4 aliphatic heterocycles. The lowest BCUT2D eigenvalue weighted by molar-refractivity contribution is -0.157. The van der Waals surface area contributed by atoms with Crippen LogP contribution in [0.2, 0.25) is 0 Å². The van der Waals surface area contributed by atoms with Crippen LogP contribution in [-0.4, -0.2) is 143 Å². The number of ether oxygens (including phenoxy) is 13. The number of anilines is 2. The monoisotopic (exact) mass is 1320 g/mol. The molecule has 4 heterocycles. The molecule has 4 atom stereocenters. The molecule has 12 rings (SSSR count). The third-order valence-electron chi connectivity index (χ3n) is 17.6. The molecule has 0 spiro atoms.